The fourth-order valence-electron chi connectivity index (χ4n) is 4.34. The second-order valence-corrected chi connectivity index (χ2v) is 9.47. The maximum atomic E-state index is 13.6. The summed E-state index contributed by atoms with van der Waals surface area (Å²) in [6.07, 6.45) is -2.20. The molecule has 3 rings (SSSR count). The Kier molecular flexibility index (Phi) is 9.98. The first kappa shape index (κ1) is 28.8. The molecule has 3 aromatic rings. The van der Waals surface area contributed by atoms with Crippen LogP contribution >= 0.6 is 0 Å². The predicted octanol–water partition coefficient (Wildman–Crippen LogP) is 3.59. The number of aliphatic carboxylic acids is 1. The van der Waals surface area contributed by atoms with Crippen molar-refractivity contribution in [2.45, 2.75) is 64.2 Å². The molecule has 0 aliphatic rings. The number of hydrogen-bond acceptors (Lipinski definition) is 6. The average Bonchev–Trinajstić information content (AvgIpc) is 3.26. The van der Waals surface area contributed by atoms with Crippen molar-refractivity contribution < 1.29 is 34.0 Å². The molecule has 0 saturated carbocycles. The van der Waals surface area contributed by atoms with Crippen LogP contribution in [0, 0.1) is 5.82 Å². The molecule has 2 aromatic carbocycles. The molecule has 4 N–H and O–H groups in total. The summed E-state index contributed by atoms with van der Waals surface area (Å²) in [5, 5.41) is 36.7. The molecule has 0 aliphatic heterocycles. The lowest BCUT2D eigenvalue weighted by Crippen LogP contribution is -2.24. The maximum absolute atomic E-state index is 13.6. The zero-order valence-corrected chi connectivity index (χ0v) is 21.7. The van der Waals surface area contributed by atoms with Gasteiger partial charge in [0.05, 0.1) is 31.4 Å². The Bertz CT molecular complexity index is 1240. The van der Waals surface area contributed by atoms with Crippen LogP contribution in [-0.4, -0.2) is 56.3 Å². The lowest BCUT2D eigenvalue weighted by molar-refractivity contribution is -0.139. The highest BCUT2D eigenvalue weighted by atomic mass is 19.1. The molecule has 1 heterocycles. The SMILES string of the molecule is COc1cccc(CNC(=O)c2nn(-c3ccc(F)cc3)c(CC[C@@H](O)C[C@@H](O)CC(=O)O)c2C(C)C)c1. The van der Waals surface area contributed by atoms with Gasteiger partial charge in [0.15, 0.2) is 5.69 Å². The van der Waals surface area contributed by atoms with Gasteiger partial charge in [-0.3, -0.25) is 9.59 Å². The van der Waals surface area contributed by atoms with Crippen LogP contribution in [0.25, 0.3) is 5.69 Å². The van der Waals surface area contributed by atoms with E-state index in [2.05, 4.69) is 10.4 Å². The molecule has 0 fully saturated rings. The van der Waals surface area contributed by atoms with Crippen LogP contribution in [-0.2, 0) is 17.8 Å². The number of carbonyl (C=O) groups is 2. The minimum Gasteiger partial charge on any atom is -0.497 e. The predicted molar refractivity (Wildman–Crippen MR) is 139 cm³/mol. The molecule has 0 unspecified atom stereocenters. The van der Waals surface area contributed by atoms with E-state index in [9.17, 15) is 24.2 Å². The van der Waals surface area contributed by atoms with E-state index in [4.69, 9.17) is 9.84 Å². The van der Waals surface area contributed by atoms with Crippen molar-refractivity contribution in [3.05, 3.63) is 76.9 Å². The fourth-order valence-corrected chi connectivity index (χ4v) is 4.34. The summed E-state index contributed by atoms with van der Waals surface area (Å²) in [7, 11) is 1.57. The zero-order valence-electron chi connectivity index (χ0n) is 21.7. The molecule has 10 heteroatoms. The molecule has 0 bridgehead atoms. The van der Waals surface area contributed by atoms with Crippen LogP contribution in [0.4, 0.5) is 4.39 Å². The van der Waals surface area contributed by atoms with Crippen molar-refractivity contribution in [3.63, 3.8) is 0 Å². The third-order valence-corrected chi connectivity index (χ3v) is 6.14. The number of aromatic nitrogens is 2. The fraction of sp³-hybridized carbons (Fsp3) is 0.393. The van der Waals surface area contributed by atoms with Crippen molar-refractivity contribution in [2.75, 3.05) is 7.11 Å². The lowest BCUT2D eigenvalue weighted by atomic mass is 9.95. The quantitative estimate of drug-likeness (QED) is 0.267. The lowest BCUT2D eigenvalue weighted by Gasteiger charge is -2.16. The minimum atomic E-state index is -1.17. The summed E-state index contributed by atoms with van der Waals surface area (Å²) in [6, 6.07) is 13.1. The first-order valence-electron chi connectivity index (χ1n) is 12.5. The van der Waals surface area contributed by atoms with Gasteiger partial charge in [0, 0.05) is 17.8 Å². The molecule has 0 spiro atoms. The van der Waals surface area contributed by atoms with Gasteiger partial charge in [-0.25, -0.2) is 9.07 Å². The summed E-state index contributed by atoms with van der Waals surface area (Å²) >= 11 is 0. The molecule has 0 aliphatic carbocycles. The zero-order chi connectivity index (χ0) is 27.8. The minimum absolute atomic E-state index is 0.0954. The van der Waals surface area contributed by atoms with E-state index in [1.807, 2.05) is 38.1 Å². The van der Waals surface area contributed by atoms with Gasteiger partial charge in [-0.15, -0.1) is 0 Å². The largest absolute Gasteiger partial charge is 0.497 e. The first-order chi connectivity index (χ1) is 18.1. The summed E-state index contributed by atoms with van der Waals surface area (Å²) in [5.41, 5.74) is 2.99. The van der Waals surface area contributed by atoms with E-state index in [1.165, 1.54) is 12.1 Å². The van der Waals surface area contributed by atoms with Crippen LogP contribution in [0.2, 0.25) is 0 Å². The molecule has 9 nitrogen and oxygen atoms in total. The van der Waals surface area contributed by atoms with Crippen LogP contribution in [0.5, 0.6) is 5.75 Å². The van der Waals surface area contributed by atoms with Gasteiger partial charge in [0.1, 0.15) is 11.6 Å². The Morgan fingerprint density at radius 1 is 1.11 bits per heavy atom. The highest BCUT2D eigenvalue weighted by Crippen LogP contribution is 2.28. The second-order valence-electron chi connectivity index (χ2n) is 9.47. The smallest absolute Gasteiger partial charge is 0.305 e. The number of rotatable bonds is 13. The number of benzene rings is 2. The number of methoxy groups -OCH3 is 1. The highest BCUT2D eigenvalue weighted by molar-refractivity contribution is 5.94. The Morgan fingerprint density at radius 2 is 1.82 bits per heavy atom. The first-order valence-corrected chi connectivity index (χ1v) is 12.5. The van der Waals surface area contributed by atoms with Crippen molar-refractivity contribution >= 4 is 11.9 Å². The normalized spacial score (nSPS) is 12.8. The van der Waals surface area contributed by atoms with E-state index in [0.717, 1.165) is 5.56 Å². The highest BCUT2D eigenvalue weighted by Gasteiger charge is 2.26. The van der Waals surface area contributed by atoms with Gasteiger partial charge in [0.25, 0.3) is 5.91 Å². The average molecular weight is 528 g/mol. The Hall–Kier alpha value is -3.76. The maximum Gasteiger partial charge on any atom is 0.305 e. The van der Waals surface area contributed by atoms with Crippen molar-refractivity contribution in [1.29, 1.82) is 0 Å². The summed E-state index contributed by atoms with van der Waals surface area (Å²) < 4.78 is 20.4. The van der Waals surface area contributed by atoms with E-state index >= 15 is 0 Å². The van der Waals surface area contributed by atoms with E-state index < -0.39 is 30.4 Å². The monoisotopic (exact) mass is 527 g/mol. The number of carboxylic acids is 1. The van der Waals surface area contributed by atoms with Crippen molar-refractivity contribution in [3.8, 4) is 11.4 Å². The van der Waals surface area contributed by atoms with Crippen LogP contribution in [0.1, 0.15) is 66.3 Å². The van der Waals surface area contributed by atoms with E-state index in [0.29, 0.717) is 29.1 Å². The van der Waals surface area contributed by atoms with Gasteiger partial charge < -0.3 is 25.4 Å². The van der Waals surface area contributed by atoms with Crippen LogP contribution in [0.3, 0.4) is 0 Å². The van der Waals surface area contributed by atoms with E-state index in [1.54, 1.807) is 23.9 Å². The number of halogens is 1. The van der Waals surface area contributed by atoms with Crippen LogP contribution in [0.15, 0.2) is 48.5 Å². The number of amides is 1. The molecule has 204 valence electrons. The number of nitrogens with one attached hydrogen (secondary N) is 1. The summed E-state index contributed by atoms with van der Waals surface area (Å²) in [6.45, 7) is 4.12. The number of aliphatic hydroxyl groups excluding tert-OH is 2. The van der Waals surface area contributed by atoms with Crippen molar-refractivity contribution in [2.24, 2.45) is 0 Å². The molecule has 1 aromatic heterocycles. The third kappa shape index (κ3) is 7.62. The molecular weight excluding hydrogens is 493 g/mol. The topological polar surface area (TPSA) is 134 Å². The molecule has 1 amide bonds. The Balaban J connectivity index is 1.90. The standard InChI is InChI=1S/C28H34FN3O6/c1-17(2)26-24(12-11-21(33)14-22(34)15-25(35)36)32(20-9-7-19(29)8-10-20)31-27(26)28(37)30-16-18-5-4-6-23(13-18)38-3/h4-10,13,17,21-22,33-34H,11-12,14-16H2,1-3H3,(H,30,37)(H,35,36)/t21-,22-/m1/s1. The van der Waals surface area contributed by atoms with Gasteiger partial charge in [0.2, 0.25) is 0 Å². The summed E-state index contributed by atoms with van der Waals surface area (Å²) in [5.74, 6) is -1.37. The number of carbonyl (C=O) groups excluding carboxylic acids is 1. The number of ether oxygens (including phenoxy) is 1. The molecule has 0 saturated heterocycles. The molecular formula is C28H34FN3O6. The van der Waals surface area contributed by atoms with Gasteiger partial charge in [-0.2, -0.15) is 5.10 Å². The van der Waals surface area contributed by atoms with E-state index in [-0.39, 0.29) is 36.9 Å². The Morgan fingerprint density at radius 3 is 2.45 bits per heavy atom. The molecule has 0 radical (unpaired) electrons. The molecule has 38 heavy (non-hydrogen) atoms. The third-order valence-electron chi connectivity index (χ3n) is 6.14. The second kappa shape index (κ2) is 13.2. The summed E-state index contributed by atoms with van der Waals surface area (Å²) in [4.78, 5) is 24.2. The van der Waals surface area contributed by atoms with Gasteiger partial charge in [-0.1, -0.05) is 26.0 Å². The van der Waals surface area contributed by atoms with Crippen LogP contribution < -0.4 is 10.1 Å². The Labute approximate surface area is 220 Å². The number of carboxylic acid groups (broad SMARTS) is 1. The van der Waals surface area contributed by atoms with Gasteiger partial charge >= 0.3 is 5.97 Å². The number of hydrogen-bond donors (Lipinski definition) is 4. The van der Waals surface area contributed by atoms with Gasteiger partial charge in [-0.05, 0) is 67.1 Å². The molecule has 2 atom stereocenters. The van der Waals surface area contributed by atoms with Crippen molar-refractivity contribution in [1.82, 2.24) is 15.1 Å². The number of aliphatic hydroxyl groups is 2. The number of nitrogens with zero attached hydrogens (tertiary/aromatic N) is 2.